The SMILES string of the molecule is Cn1cncc1CNC1CCN(CC(N)=O)CC1. The van der Waals surface area contributed by atoms with Crippen LogP contribution < -0.4 is 11.1 Å². The molecule has 0 aliphatic carbocycles. The molecule has 1 aromatic heterocycles. The van der Waals surface area contributed by atoms with E-state index in [2.05, 4.69) is 15.2 Å². The van der Waals surface area contributed by atoms with Crippen molar-refractivity contribution in [1.82, 2.24) is 19.8 Å². The molecule has 1 aliphatic heterocycles. The lowest BCUT2D eigenvalue weighted by atomic mass is 10.1. The Hall–Kier alpha value is -1.40. The van der Waals surface area contributed by atoms with E-state index in [0.29, 0.717) is 12.6 Å². The Morgan fingerprint density at radius 2 is 2.28 bits per heavy atom. The van der Waals surface area contributed by atoms with E-state index < -0.39 is 0 Å². The number of aromatic nitrogens is 2. The van der Waals surface area contributed by atoms with Crippen molar-refractivity contribution in [3.05, 3.63) is 18.2 Å². The van der Waals surface area contributed by atoms with Gasteiger partial charge in [-0.25, -0.2) is 4.98 Å². The second-order valence-electron chi connectivity index (χ2n) is 4.89. The van der Waals surface area contributed by atoms with Crippen molar-refractivity contribution in [1.29, 1.82) is 0 Å². The fourth-order valence-electron chi connectivity index (χ4n) is 2.32. The zero-order valence-corrected chi connectivity index (χ0v) is 10.8. The molecule has 1 saturated heterocycles. The number of hydrogen-bond acceptors (Lipinski definition) is 4. The number of nitrogens with zero attached hydrogens (tertiary/aromatic N) is 3. The molecule has 0 unspecified atom stereocenters. The molecule has 18 heavy (non-hydrogen) atoms. The largest absolute Gasteiger partial charge is 0.369 e. The molecule has 0 bridgehead atoms. The van der Waals surface area contributed by atoms with Gasteiger partial charge in [0.15, 0.2) is 0 Å². The van der Waals surface area contributed by atoms with Crippen molar-refractivity contribution in [2.24, 2.45) is 12.8 Å². The molecular formula is C12H21N5O. The van der Waals surface area contributed by atoms with Crippen LogP contribution in [-0.4, -0.2) is 46.0 Å². The number of piperidine rings is 1. The highest BCUT2D eigenvalue weighted by molar-refractivity contribution is 5.75. The number of rotatable bonds is 5. The van der Waals surface area contributed by atoms with Crippen molar-refractivity contribution in [3.8, 4) is 0 Å². The van der Waals surface area contributed by atoms with Gasteiger partial charge in [0.1, 0.15) is 0 Å². The second-order valence-corrected chi connectivity index (χ2v) is 4.89. The predicted octanol–water partition coefficient (Wildman–Crippen LogP) is -0.541. The normalized spacial score (nSPS) is 18.1. The highest BCUT2D eigenvalue weighted by Gasteiger charge is 2.19. The van der Waals surface area contributed by atoms with Crippen LogP contribution in [0.1, 0.15) is 18.5 Å². The summed E-state index contributed by atoms with van der Waals surface area (Å²) in [6, 6.07) is 0.518. The molecule has 2 heterocycles. The Balaban J connectivity index is 1.71. The Bertz CT molecular complexity index is 395. The second kappa shape index (κ2) is 5.97. The number of nitrogens with two attached hydrogens (primary N) is 1. The highest BCUT2D eigenvalue weighted by Crippen LogP contribution is 2.10. The average molecular weight is 251 g/mol. The zero-order valence-electron chi connectivity index (χ0n) is 10.8. The minimum atomic E-state index is -0.240. The van der Waals surface area contributed by atoms with Crippen molar-refractivity contribution >= 4 is 5.91 Å². The van der Waals surface area contributed by atoms with Gasteiger partial charge in [0, 0.05) is 38.9 Å². The molecule has 0 atom stereocenters. The number of aryl methyl sites for hydroxylation is 1. The van der Waals surface area contributed by atoms with Crippen LogP contribution in [0.15, 0.2) is 12.5 Å². The zero-order chi connectivity index (χ0) is 13.0. The van der Waals surface area contributed by atoms with Crippen LogP contribution in [0.2, 0.25) is 0 Å². The lowest BCUT2D eigenvalue weighted by Gasteiger charge is -2.31. The molecular weight excluding hydrogens is 230 g/mol. The number of amides is 1. The molecule has 1 amide bonds. The van der Waals surface area contributed by atoms with Crippen LogP contribution in [0.4, 0.5) is 0 Å². The van der Waals surface area contributed by atoms with Gasteiger partial charge < -0.3 is 15.6 Å². The van der Waals surface area contributed by atoms with Crippen LogP contribution in [0, 0.1) is 0 Å². The Labute approximate surface area is 107 Å². The molecule has 1 aromatic rings. The number of likely N-dealkylation sites (tertiary alicyclic amines) is 1. The van der Waals surface area contributed by atoms with Gasteiger partial charge in [-0.3, -0.25) is 9.69 Å². The molecule has 6 nitrogen and oxygen atoms in total. The number of imidazole rings is 1. The number of carbonyl (C=O) groups excluding carboxylic acids is 1. The first kappa shape index (κ1) is 13.0. The summed E-state index contributed by atoms with van der Waals surface area (Å²) in [7, 11) is 2.00. The van der Waals surface area contributed by atoms with E-state index in [0.717, 1.165) is 32.5 Å². The van der Waals surface area contributed by atoms with Gasteiger partial charge in [0.2, 0.25) is 5.91 Å². The van der Waals surface area contributed by atoms with Crippen LogP contribution in [0.25, 0.3) is 0 Å². The van der Waals surface area contributed by atoms with Crippen molar-refractivity contribution in [2.75, 3.05) is 19.6 Å². The number of carbonyl (C=O) groups is 1. The lowest BCUT2D eigenvalue weighted by Crippen LogP contribution is -2.45. The van der Waals surface area contributed by atoms with Gasteiger partial charge in [-0.1, -0.05) is 0 Å². The summed E-state index contributed by atoms with van der Waals surface area (Å²) < 4.78 is 2.02. The van der Waals surface area contributed by atoms with Gasteiger partial charge in [0.25, 0.3) is 0 Å². The van der Waals surface area contributed by atoms with Crippen LogP contribution in [0.3, 0.4) is 0 Å². The summed E-state index contributed by atoms with van der Waals surface area (Å²) in [4.78, 5) is 17.0. The topological polar surface area (TPSA) is 76.2 Å². The molecule has 2 rings (SSSR count). The molecule has 1 aliphatic rings. The summed E-state index contributed by atoms with van der Waals surface area (Å²) in [5, 5.41) is 3.54. The van der Waals surface area contributed by atoms with Crippen LogP contribution in [0.5, 0.6) is 0 Å². The highest BCUT2D eigenvalue weighted by atomic mass is 16.1. The molecule has 0 radical (unpaired) electrons. The molecule has 0 saturated carbocycles. The van der Waals surface area contributed by atoms with E-state index in [1.807, 2.05) is 24.1 Å². The maximum atomic E-state index is 10.8. The van der Waals surface area contributed by atoms with Crippen LogP contribution in [-0.2, 0) is 18.4 Å². The Kier molecular flexibility index (Phi) is 4.33. The molecule has 100 valence electrons. The van der Waals surface area contributed by atoms with Crippen LogP contribution >= 0.6 is 0 Å². The molecule has 0 aromatic carbocycles. The third-order valence-electron chi connectivity index (χ3n) is 3.46. The van der Waals surface area contributed by atoms with Gasteiger partial charge in [-0.05, 0) is 12.8 Å². The summed E-state index contributed by atoms with van der Waals surface area (Å²) >= 11 is 0. The Morgan fingerprint density at radius 1 is 1.56 bits per heavy atom. The average Bonchev–Trinajstić information content (AvgIpc) is 2.73. The van der Waals surface area contributed by atoms with Crippen molar-refractivity contribution < 1.29 is 4.79 Å². The minimum Gasteiger partial charge on any atom is -0.369 e. The first-order valence-electron chi connectivity index (χ1n) is 6.34. The van der Waals surface area contributed by atoms with Crippen molar-refractivity contribution in [3.63, 3.8) is 0 Å². The summed E-state index contributed by atoms with van der Waals surface area (Å²) in [6.45, 7) is 3.10. The van der Waals surface area contributed by atoms with E-state index in [1.165, 1.54) is 5.69 Å². The quantitative estimate of drug-likeness (QED) is 0.737. The summed E-state index contributed by atoms with van der Waals surface area (Å²) in [5.41, 5.74) is 6.38. The van der Waals surface area contributed by atoms with Gasteiger partial charge in [-0.2, -0.15) is 0 Å². The maximum absolute atomic E-state index is 10.8. The summed E-state index contributed by atoms with van der Waals surface area (Å²) in [6.07, 6.45) is 5.82. The van der Waals surface area contributed by atoms with Gasteiger partial charge in [0.05, 0.1) is 18.6 Å². The van der Waals surface area contributed by atoms with E-state index in [-0.39, 0.29) is 5.91 Å². The first-order chi connectivity index (χ1) is 8.65. The van der Waals surface area contributed by atoms with Crippen molar-refractivity contribution in [2.45, 2.75) is 25.4 Å². The fourth-order valence-corrected chi connectivity index (χ4v) is 2.32. The maximum Gasteiger partial charge on any atom is 0.231 e. The number of hydrogen-bond donors (Lipinski definition) is 2. The van der Waals surface area contributed by atoms with E-state index in [9.17, 15) is 4.79 Å². The van der Waals surface area contributed by atoms with E-state index in [1.54, 1.807) is 0 Å². The molecule has 1 fully saturated rings. The third-order valence-corrected chi connectivity index (χ3v) is 3.46. The smallest absolute Gasteiger partial charge is 0.231 e. The lowest BCUT2D eigenvalue weighted by molar-refractivity contribution is -0.119. The van der Waals surface area contributed by atoms with E-state index >= 15 is 0 Å². The van der Waals surface area contributed by atoms with Gasteiger partial charge >= 0.3 is 0 Å². The molecule has 6 heteroatoms. The van der Waals surface area contributed by atoms with E-state index in [4.69, 9.17) is 5.73 Å². The predicted molar refractivity (Wildman–Crippen MR) is 68.7 cm³/mol. The minimum absolute atomic E-state index is 0.240. The number of nitrogens with one attached hydrogen (secondary N) is 1. The third kappa shape index (κ3) is 3.54. The summed E-state index contributed by atoms with van der Waals surface area (Å²) in [5.74, 6) is -0.240. The molecule has 3 N–H and O–H groups in total. The number of primary amides is 1. The van der Waals surface area contributed by atoms with Gasteiger partial charge in [-0.15, -0.1) is 0 Å². The molecule has 0 spiro atoms. The monoisotopic (exact) mass is 251 g/mol. The fraction of sp³-hybridized carbons (Fsp3) is 0.667. The first-order valence-corrected chi connectivity index (χ1v) is 6.34. The standard InChI is InChI=1S/C12H21N5O/c1-16-9-14-6-11(16)7-15-10-2-4-17(5-3-10)8-12(13)18/h6,9-10,15H,2-5,7-8H2,1H3,(H2,13,18). The Morgan fingerprint density at radius 3 is 2.83 bits per heavy atom.